The number of nitrogens with zero attached hydrogens (tertiary/aromatic N) is 4. The Kier molecular flexibility index (Phi) is 5.93. The predicted molar refractivity (Wildman–Crippen MR) is 120 cm³/mol. The zero-order chi connectivity index (χ0) is 22.8. The van der Waals surface area contributed by atoms with Crippen molar-refractivity contribution >= 4 is 5.91 Å². The zero-order valence-electron chi connectivity index (χ0n) is 18.4. The standard InChI is InChI=1S/C24H26N6O2/c1-14(2)28-24(31)23(26)17-7-9-19(27-13-17)18-8-4-15(12-25)10-21(18)32-22-11-20(16-5-6-16)29-30(22)3/h4,7-11,13-14,16,23H,5-6,26H2,1-3H3,(H,28,31). The summed E-state index contributed by atoms with van der Waals surface area (Å²) in [5.41, 5.74) is 9.57. The van der Waals surface area contributed by atoms with Gasteiger partial charge in [0.05, 0.1) is 23.0 Å². The Labute approximate surface area is 187 Å². The SMILES string of the molecule is CC(C)NC(=O)C(N)c1ccc(-c2ccc(C#N)cc2Oc2cc(C3CC3)nn2C)nc1. The number of hydrogen-bond acceptors (Lipinski definition) is 6. The highest BCUT2D eigenvalue weighted by Gasteiger charge is 2.27. The summed E-state index contributed by atoms with van der Waals surface area (Å²) in [5, 5.41) is 16.7. The van der Waals surface area contributed by atoms with E-state index in [1.54, 1.807) is 41.2 Å². The molecule has 8 nitrogen and oxygen atoms in total. The highest BCUT2D eigenvalue weighted by atomic mass is 16.5. The lowest BCUT2D eigenvalue weighted by Crippen LogP contribution is -2.38. The number of pyridine rings is 1. The van der Waals surface area contributed by atoms with Crippen LogP contribution < -0.4 is 15.8 Å². The van der Waals surface area contributed by atoms with Crippen molar-refractivity contribution in [1.82, 2.24) is 20.1 Å². The van der Waals surface area contributed by atoms with Crippen LogP contribution in [0.3, 0.4) is 0 Å². The van der Waals surface area contributed by atoms with E-state index < -0.39 is 6.04 Å². The van der Waals surface area contributed by atoms with Crippen LogP contribution in [-0.4, -0.2) is 26.7 Å². The van der Waals surface area contributed by atoms with Crippen molar-refractivity contribution in [2.24, 2.45) is 12.8 Å². The van der Waals surface area contributed by atoms with E-state index in [1.165, 1.54) is 0 Å². The van der Waals surface area contributed by atoms with Crippen molar-refractivity contribution in [3.05, 3.63) is 59.4 Å². The Bertz CT molecular complexity index is 1170. The summed E-state index contributed by atoms with van der Waals surface area (Å²) in [5.74, 6) is 1.37. The van der Waals surface area contributed by atoms with Gasteiger partial charge in [0.1, 0.15) is 11.8 Å². The number of nitriles is 1. The largest absolute Gasteiger partial charge is 0.439 e. The van der Waals surface area contributed by atoms with Crippen LogP contribution in [0, 0.1) is 11.3 Å². The molecular weight excluding hydrogens is 404 g/mol. The van der Waals surface area contributed by atoms with Crippen LogP contribution in [0.5, 0.6) is 11.6 Å². The lowest BCUT2D eigenvalue weighted by atomic mass is 10.0. The molecule has 0 aliphatic heterocycles. The average molecular weight is 431 g/mol. The summed E-state index contributed by atoms with van der Waals surface area (Å²) in [6.07, 6.45) is 3.90. The Morgan fingerprint density at radius 3 is 2.69 bits per heavy atom. The molecule has 1 saturated carbocycles. The van der Waals surface area contributed by atoms with E-state index in [1.807, 2.05) is 27.0 Å². The molecule has 2 aromatic heterocycles. The summed E-state index contributed by atoms with van der Waals surface area (Å²) < 4.78 is 7.88. The van der Waals surface area contributed by atoms with E-state index in [0.29, 0.717) is 34.4 Å². The maximum Gasteiger partial charge on any atom is 0.241 e. The van der Waals surface area contributed by atoms with Crippen LogP contribution in [0.2, 0.25) is 0 Å². The Morgan fingerprint density at radius 1 is 1.28 bits per heavy atom. The van der Waals surface area contributed by atoms with Crippen LogP contribution in [0.1, 0.15) is 55.5 Å². The third kappa shape index (κ3) is 4.63. The minimum atomic E-state index is -0.800. The fourth-order valence-electron chi connectivity index (χ4n) is 3.42. The van der Waals surface area contributed by atoms with Crippen LogP contribution in [0.25, 0.3) is 11.3 Å². The van der Waals surface area contributed by atoms with E-state index in [-0.39, 0.29) is 11.9 Å². The molecule has 1 unspecified atom stereocenters. The lowest BCUT2D eigenvalue weighted by Gasteiger charge is -2.15. The molecule has 0 radical (unpaired) electrons. The maximum absolute atomic E-state index is 12.2. The van der Waals surface area contributed by atoms with Gasteiger partial charge in [-0.05, 0) is 56.5 Å². The van der Waals surface area contributed by atoms with E-state index in [4.69, 9.17) is 10.5 Å². The monoisotopic (exact) mass is 430 g/mol. The Hall–Kier alpha value is -3.70. The molecule has 1 fully saturated rings. The van der Waals surface area contributed by atoms with Crippen LogP contribution in [-0.2, 0) is 11.8 Å². The third-order valence-electron chi connectivity index (χ3n) is 5.31. The number of nitrogens with one attached hydrogen (secondary N) is 1. The third-order valence-corrected chi connectivity index (χ3v) is 5.31. The number of benzene rings is 1. The summed E-state index contributed by atoms with van der Waals surface area (Å²) in [4.78, 5) is 16.7. The molecule has 164 valence electrons. The molecule has 8 heteroatoms. The predicted octanol–water partition coefficient (Wildman–Crippen LogP) is 3.55. The second-order valence-corrected chi connectivity index (χ2v) is 8.35. The molecular formula is C24H26N6O2. The minimum absolute atomic E-state index is 0.00608. The first kappa shape index (κ1) is 21.5. The van der Waals surface area contributed by atoms with E-state index in [0.717, 1.165) is 24.1 Å². The Morgan fingerprint density at radius 2 is 2.06 bits per heavy atom. The number of aryl methyl sites for hydroxylation is 1. The molecule has 0 spiro atoms. The highest BCUT2D eigenvalue weighted by molar-refractivity contribution is 5.83. The highest BCUT2D eigenvalue weighted by Crippen LogP contribution is 2.41. The minimum Gasteiger partial charge on any atom is -0.439 e. The lowest BCUT2D eigenvalue weighted by molar-refractivity contribution is -0.122. The molecule has 1 aliphatic carbocycles. The topological polar surface area (TPSA) is 119 Å². The van der Waals surface area contributed by atoms with E-state index >= 15 is 0 Å². The second-order valence-electron chi connectivity index (χ2n) is 8.35. The normalized spacial score (nSPS) is 14.1. The number of rotatable bonds is 7. The van der Waals surface area contributed by atoms with E-state index in [9.17, 15) is 10.1 Å². The molecule has 0 saturated heterocycles. The number of ether oxygens (including phenoxy) is 1. The number of aromatic nitrogens is 3. The maximum atomic E-state index is 12.2. The first-order valence-corrected chi connectivity index (χ1v) is 10.6. The average Bonchev–Trinajstić information content (AvgIpc) is 3.57. The van der Waals surface area contributed by atoms with Gasteiger partial charge in [0.25, 0.3) is 0 Å². The van der Waals surface area contributed by atoms with Crippen molar-refractivity contribution in [3.63, 3.8) is 0 Å². The molecule has 1 amide bonds. The summed E-state index contributed by atoms with van der Waals surface area (Å²) in [7, 11) is 1.84. The van der Waals surface area contributed by atoms with Crippen molar-refractivity contribution in [2.45, 2.75) is 44.7 Å². The summed E-state index contributed by atoms with van der Waals surface area (Å²) >= 11 is 0. The fraction of sp³-hybridized carbons (Fsp3) is 0.333. The van der Waals surface area contributed by atoms with Gasteiger partial charge < -0.3 is 15.8 Å². The summed E-state index contributed by atoms with van der Waals surface area (Å²) in [6.45, 7) is 3.77. The van der Waals surface area contributed by atoms with Gasteiger partial charge >= 0.3 is 0 Å². The van der Waals surface area contributed by atoms with Crippen molar-refractivity contribution in [3.8, 4) is 29.0 Å². The smallest absolute Gasteiger partial charge is 0.241 e. The number of amides is 1. The summed E-state index contributed by atoms with van der Waals surface area (Å²) in [6, 6.07) is 12.1. The van der Waals surface area contributed by atoms with Gasteiger partial charge in [-0.15, -0.1) is 0 Å². The molecule has 1 aliphatic rings. The van der Waals surface area contributed by atoms with Crippen LogP contribution in [0.4, 0.5) is 0 Å². The van der Waals surface area contributed by atoms with Crippen LogP contribution >= 0.6 is 0 Å². The Balaban J connectivity index is 1.62. The van der Waals surface area contributed by atoms with Crippen LogP contribution in [0.15, 0.2) is 42.6 Å². The number of carbonyl (C=O) groups is 1. The van der Waals surface area contributed by atoms with Gasteiger partial charge in [0.15, 0.2) is 0 Å². The quantitative estimate of drug-likeness (QED) is 0.592. The van der Waals surface area contributed by atoms with Gasteiger partial charge in [-0.3, -0.25) is 9.78 Å². The first-order chi connectivity index (χ1) is 15.4. The van der Waals surface area contributed by atoms with Crippen molar-refractivity contribution in [1.29, 1.82) is 5.26 Å². The first-order valence-electron chi connectivity index (χ1n) is 10.6. The van der Waals surface area contributed by atoms with Crippen molar-refractivity contribution in [2.75, 3.05) is 0 Å². The van der Waals surface area contributed by atoms with E-state index in [2.05, 4.69) is 21.5 Å². The van der Waals surface area contributed by atoms with Gasteiger partial charge in [0.2, 0.25) is 11.8 Å². The van der Waals surface area contributed by atoms with Gasteiger partial charge in [-0.25, -0.2) is 4.68 Å². The molecule has 3 N–H and O–H groups in total. The molecule has 2 heterocycles. The molecule has 1 atom stereocenters. The number of hydrogen-bond donors (Lipinski definition) is 2. The number of nitrogens with two attached hydrogens (primary N) is 1. The van der Waals surface area contributed by atoms with Gasteiger partial charge in [-0.2, -0.15) is 10.4 Å². The molecule has 32 heavy (non-hydrogen) atoms. The molecule has 0 bridgehead atoms. The van der Waals surface area contributed by atoms with Gasteiger partial charge in [-0.1, -0.05) is 6.07 Å². The van der Waals surface area contributed by atoms with Gasteiger partial charge in [0, 0.05) is 36.8 Å². The van der Waals surface area contributed by atoms with Crippen molar-refractivity contribution < 1.29 is 9.53 Å². The fourth-order valence-corrected chi connectivity index (χ4v) is 3.42. The number of carbonyl (C=O) groups excluding carboxylic acids is 1. The molecule has 3 aromatic rings. The molecule has 1 aromatic carbocycles. The second kappa shape index (κ2) is 8.81. The zero-order valence-corrected chi connectivity index (χ0v) is 18.4. The molecule has 4 rings (SSSR count).